The molecule has 43 valence electrons. The largest absolute Gasteiger partial charge is 0.331 e. The third kappa shape index (κ3) is 0.949. The van der Waals surface area contributed by atoms with Crippen LogP contribution in [0.5, 0.6) is 0 Å². The minimum Gasteiger partial charge on any atom is -0.331 e. The molecule has 0 saturated carbocycles. The summed E-state index contributed by atoms with van der Waals surface area (Å²) in [6, 6.07) is 0. The Labute approximate surface area is 53.5 Å². The van der Waals surface area contributed by atoms with Gasteiger partial charge >= 0.3 is 0 Å². The maximum absolute atomic E-state index is 4.80. The molecule has 0 spiro atoms. The lowest BCUT2D eigenvalue weighted by Crippen LogP contribution is -2.25. The summed E-state index contributed by atoms with van der Waals surface area (Å²) in [5.74, 6) is 0. The van der Waals surface area contributed by atoms with Crippen molar-refractivity contribution >= 4 is 24.1 Å². The highest BCUT2D eigenvalue weighted by Crippen LogP contribution is 1.95. The van der Waals surface area contributed by atoms with Crippen molar-refractivity contribution in [1.82, 2.24) is 4.90 Å². The average molecular weight is 128 g/mol. The zero-order valence-electron chi connectivity index (χ0n) is 4.53. The number of aliphatic imine (C=N–C) groups is 2. The average Bonchev–Trinajstić information content (AvgIpc) is 1.77. The topological polar surface area (TPSA) is 28.0 Å². The zero-order valence-corrected chi connectivity index (χ0v) is 5.35. The van der Waals surface area contributed by atoms with Gasteiger partial charge in [-0.15, -0.1) is 0 Å². The Morgan fingerprint density at radius 2 is 2.62 bits per heavy atom. The monoisotopic (exact) mass is 128 g/mol. The van der Waals surface area contributed by atoms with Crippen molar-refractivity contribution in [3.05, 3.63) is 0 Å². The zero-order chi connectivity index (χ0) is 5.98. The second-order valence-corrected chi connectivity index (χ2v) is 1.91. The van der Waals surface area contributed by atoms with Crippen LogP contribution in [0, 0.1) is 0 Å². The fraction of sp³-hybridized carbons (Fsp3) is 0.500. The van der Waals surface area contributed by atoms with Gasteiger partial charge in [-0.05, 0) is 12.6 Å². The molecule has 0 aromatic heterocycles. The molecular formula is C4H6N3S. The highest BCUT2D eigenvalue weighted by molar-refractivity contribution is 7.96. The predicted molar refractivity (Wildman–Crippen MR) is 36.1 cm³/mol. The van der Waals surface area contributed by atoms with Gasteiger partial charge in [-0.2, -0.15) is 0 Å². The van der Waals surface area contributed by atoms with Crippen LogP contribution in [-0.2, 0) is 0 Å². The molecule has 3 nitrogen and oxygen atoms in total. The lowest BCUT2D eigenvalue weighted by Gasteiger charge is -2.14. The Bertz CT molecular complexity index is 140. The van der Waals surface area contributed by atoms with Crippen molar-refractivity contribution in [3.63, 3.8) is 0 Å². The number of hydrogen-bond donors (Lipinski definition) is 0. The Balaban J connectivity index is 2.66. The standard InChI is InChI=1S/C4H6N3S/c1-7-3-5-2-6-4(7)8/h2H,3H2,1H3. The van der Waals surface area contributed by atoms with Crippen molar-refractivity contribution in [3.8, 4) is 0 Å². The quantitative estimate of drug-likeness (QED) is 0.466. The van der Waals surface area contributed by atoms with Gasteiger partial charge in [0.05, 0.1) is 0 Å². The van der Waals surface area contributed by atoms with Crippen LogP contribution >= 0.6 is 12.6 Å². The third-order valence-electron chi connectivity index (χ3n) is 0.870. The molecule has 0 fully saturated rings. The fourth-order valence-corrected chi connectivity index (χ4v) is 0.513. The Morgan fingerprint density at radius 3 is 3.00 bits per heavy atom. The van der Waals surface area contributed by atoms with Gasteiger partial charge in [0.25, 0.3) is 0 Å². The van der Waals surface area contributed by atoms with Crippen molar-refractivity contribution < 1.29 is 0 Å². The van der Waals surface area contributed by atoms with Gasteiger partial charge in [0, 0.05) is 7.05 Å². The summed E-state index contributed by atoms with van der Waals surface area (Å²) in [6.07, 6.45) is 1.49. The van der Waals surface area contributed by atoms with E-state index in [1.807, 2.05) is 7.05 Å². The smallest absolute Gasteiger partial charge is 0.198 e. The van der Waals surface area contributed by atoms with Gasteiger partial charge in [-0.3, -0.25) is 4.99 Å². The first-order valence-electron chi connectivity index (χ1n) is 2.25. The summed E-state index contributed by atoms with van der Waals surface area (Å²) in [5, 5.41) is 0.611. The van der Waals surface area contributed by atoms with Crippen LogP contribution in [0.15, 0.2) is 9.98 Å². The summed E-state index contributed by atoms with van der Waals surface area (Å²) in [7, 11) is 1.86. The lowest BCUT2D eigenvalue weighted by atomic mass is 10.8. The van der Waals surface area contributed by atoms with E-state index in [9.17, 15) is 0 Å². The number of hydrogen-bond acceptors (Lipinski definition) is 3. The first kappa shape index (κ1) is 5.50. The molecule has 1 aliphatic rings. The molecule has 4 heteroatoms. The van der Waals surface area contributed by atoms with E-state index in [1.54, 1.807) is 4.90 Å². The van der Waals surface area contributed by atoms with E-state index >= 15 is 0 Å². The van der Waals surface area contributed by atoms with Crippen molar-refractivity contribution in [2.24, 2.45) is 9.98 Å². The minimum atomic E-state index is 0.611. The molecule has 0 saturated heterocycles. The van der Waals surface area contributed by atoms with Crippen LogP contribution < -0.4 is 0 Å². The first-order chi connectivity index (χ1) is 3.80. The normalized spacial score (nSPS) is 18.6. The number of amidine groups is 1. The van der Waals surface area contributed by atoms with E-state index in [2.05, 4.69) is 9.98 Å². The molecule has 1 rings (SSSR count). The van der Waals surface area contributed by atoms with E-state index in [1.165, 1.54) is 6.34 Å². The number of rotatable bonds is 0. The van der Waals surface area contributed by atoms with Crippen LogP contribution in [-0.4, -0.2) is 30.1 Å². The van der Waals surface area contributed by atoms with Crippen LogP contribution in [0.2, 0.25) is 0 Å². The minimum absolute atomic E-state index is 0.611. The molecule has 0 aliphatic carbocycles. The van der Waals surface area contributed by atoms with Crippen LogP contribution in [0.4, 0.5) is 0 Å². The Kier molecular flexibility index (Phi) is 1.43. The first-order valence-corrected chi connectivity index (χ1v) is 2.66. The molecular weight excluding hydrogens is 122 g/mol. The molecule has 0 unspecified atom stereocenters. The van der Waals surface area contributed by atoms with Gasteiger partial charge in [0.1, 0.15) is 13.0 Å². The second kappa shape index (κ2) is 2.09. The van der Waals surface area contributed by atoms with E-state index < -0.39 is 0 Å². The molecule has 0 bridgehead atoms. The van der Waals surface area contributed by atoms with E-state index in [0.29, 0.717) is 11.8 Å². The van der Waals surface area contributed by atoms with Crippen molar-refractivity contribution in [2.75, 3.05) is 13.7 Å². The fourth-order valence-electron chi connectivity index (χ4n) is 0.408. The third-order valence-corrected chi connectivity index (χ3v) is 1.29. The van der Waals surface area contributed by atoms with E-state index in [-0.39, 0.29) is 0 Å². The lowest BCUT2D eigenvalue weighted by molar-refractivity contribution is 0.529. The van der Waals surface area contributed by atoms with Gasteiger partial charge < -0.3 is 4.90 Å². The molecule has 0 aromatic rings. The molecule has 0 aromatic carbocycles. The maximum Gasteiger partial charge on any atom is 0.198 e. The Morgan fingerprint density at radius 1 is 1.88 bits per heavy atom. The van der Waals surface area contributed by atoms with Gasteiger partial charge in [-0.1, -0.05) is 0 Å². The molecule has 0 atom stereocenters. The Hall–Kier alpha value is -0.640. The number of nitrogens with zero attached hydrogens (tertiary/aromatic N) is 3. The summed E-state index contributed by atoms with van der Waals surface area (Å²) in [5.41, 5.74) is 0. The highest BCUT2D eigenvalue weighted by atomic mass is 32.1. The van der Waals surface area contributed by atoms with Gasteiger partial charge in [-0.25, -0.2) is 4.99 Å². The summed E-state index contributed by atoms with van der Waals surface area (Å²) in [6.45, 7) is 0.641. The highest BCUT2D eigenvalue weighted by Gasteiger charge is 2.01. The van der Waals surface area contributed by atoms with Crippen molar-refractivity contribution in [2.45, 2.75) is 0 Å². The molecule has 1 heterocycles. The predicted octanol–water partition coefficient (Wildman–Crippen LogP) is 0.471. The summed E-state index contributed by atoms with van der Waals surface area (Å²) >= 11 is 4.80. The van der Waals surface area contributed by atoms with E-state index in [0.717, 1.165) is 0 Å². The molecule has 1 aliphatic heterocycles. The second-order valence-electron chi connectivity index (χ2n) is 1.55. The summed E-state index contributed by atoms with van der Waals surface area (Å²) in [4.78, 5) is 9.43. The van der Waals surface area contributed by atoms with Crippen LogP contribution in [0.25, 0.3) is 0 Å². The van der Waals surface area contributed by atoms with Crippen LogP contribution in [0.1, 0.15) is 0 Å². The van der Waals surface area contributed by atoms with Crippen molar-refractivity contribution in [1.29, 1.82) is 0 Å². The maximum atomic E-state index is 4.80. The molecule has 1 radical (unpaired) electrons. The molecule has 8 heavy (non-hydrogen) atoms. The van der Waals surface area contributed by atoms with Crippen LogP contribution in [0.3, 0.4) is 0 Å². The SMILES string of the molecule is CN1CN=CN=C1[S]. The molecule has 0 N–H and O–H groups in total. The van der Waals surface area contributed by atoms with Gasteiger partial charge in [0.15, 0.2) is 5.17 Å². The summed E-state index contributed by atoms with van der Waals surface area (Å²) < 4.78 is 0. The molecule has 0 amide bonds. The van der Waals surface area contributed by atoms with E-state index in [4.69, 9.17) is 12.6 Å². The van der Waals surface area contributed by atoms with Gasteiger partial charge in [0.2, 0.25) is 0 Å².